The summed E-state index contributed by atoms with van der Waals surface area (Å²) in [4.78, 5) is 11.8. The largest absolute Gasteiger partial charge is 0.379 e. The molecule has 1 aromatic carbocycles. The van der Waals surface area contributed by atoms with Gasteiger partial charge in [0.1, 0.15) is 5.82 Å². The molecule has 94 valence electrons. The zero-order valence-corrected chi connectivity index (χ0v) is 9.52. The number of nitriles is 1. The van der Waals surface area contributed by atoms with E-state index in [2.05, 4.69) is 5.32 Å². The molecule has 0 aliphatic carbocycles. The Kier molecular flexibility index (Phi) is 3.55. The number of hydrogen-bond donors (Lipinski definition) is 2. The number of amides is 1. The Hall–Kier alpha value is -1.97. The van der Waals surface area contributed by atoms with Crippen molar-refractivity contribution in [3.8, 4) is 6.07 Å². The number of ether oxygens (including phenoxy) is 1. The zero-order chi connectivity index (χ0) is 13.1. The van der Waals surface area contributed by atoms with Crippen LogP contribution in [0.5, 0.6) is 0 Å². The third-order valence-electron chi connectivity index (χ3n) is 2.82. The fourth-order valence-electron chi connectivity index (χ4n) is 1.75. The van der Waals surface area contributed by atoms with E-state index in [9.17, 15) is 9.18 Å². The number of halogens is 1. The van der Waals surface area contributed by atoms with E-state index in [0.717, 1.165) is 6.07 Å². The summed E-state index contributed by atoms with van der Waals surface area (Å²) in [6, 6.07) is 5.31. The Morgan fingerprint density at radius 1 is 1.56 bits per heavy atom. The van der Waals surface area contributed by atoms with Gasteiger partial charge in [-0.15, -0.1) is 0 Å². The summed E-state index contributed by atoms with van der Waals surface area (Å²) >= 11 is 0. The first kappa shape index (κ1) is 12.5. The average molecular weight is 249 g/mol. The van der Waals surface area contributed by atoms with E-state index in [1.54, 1.807) is 0 Å². The molecule has 3 N–H and O–H groups in total. The van der Waals surface area contributed by atoms with Gasteiger partial charge in [-0.05, 0) is 18.2 Å². The molecule has 0 radical (unpaired) electrons. The average Bonchev–Trinajstić information content (AvgIpc) is 2.78. The molecule has 1 saturated heterocycles. The Bertz CT molecular complexity index is 513. The molecule has 2 unspecified atom stereocenters. The molecule has 5 nitrogen and oxygen atoms in total. The van der Waals surface area contributed by atoms with Crippen LogP contribution in [0.25, 0.3) is 0 Å². The fraction of sp³-hybridized carbons (Fsp3) is 0.333. The molecule has 1 fully saturated rings. The highest BCUT2D eigenvalue weighted by molar-refractivity contribution is 5.93. The van der Waals surface area contributed by atoms with Crippen molar-refractivity contribution < 1.29 is 13.9 Å². The van der Waals surface area contributed by atoms with E-state index in [-0.39, 0.29) is 29.8 Å². The number of carbonyl (C=O) groups excluding carboxylic acids is 1. The van der Waals surface area contributed by atoms with Gasteiger partial charge in [-0.3, -0.25) is 4.79 Å². The van der Waals surface area contributed by atoms with Gasteiger partial charge < -0.3 is 15.8 Å². The van der Waals surface area contributed by atoms with Gasteiger partial charge in [0, 0.05) is 6.04 Å². The molecule has 6 heteroatoms. The maximum Gasteiger partial charge on any atom is 0.231 e. The van der Waals surface area contributed by atoms with Gasteiger partial charge in [-0.25, -0.2) is 4.39 Å². The summed E-state index contributed by atoms with van der Waals surface area (Å²) in [7, 11) is 0. The van der Waals surface area contributed by atoms with Gasteiger partial charge >= 0.3 is 0 Å². The van der Waals surface area contributed by atoms with Crippen LogP contribution in [0.4, 0.5) is 10.1 Å². The Balaban J connectivity index is 2.10. The first-order chi connectivity index (χ1) is 8.61. The Morgan fingerprint density at radius 2 is 2.33 bits per heavy atom. The number of benzene rings is 1. The van der Waals surface area contributed by atoms with Gasteiger partial charge in [0.25, 0.3) is 0 Å². The molecule has 1 aromatic rings. The molecule has 1 heterocycles. The molecule has 1 aliphatic rings. The van der Waals surface area contributed by atoms with Gasteiger partial charge in [-0.1, -0.05) is 0 Å². The van der Waals surface area contributed by atoms with Crippen LogP contribution < -0.4 is 11.1 Å². The fourth-order valence-corrected chi connectivity index (χ4v) is 1.75. The molecule has 0 aromatic heterocycles. The second kappa shape index (κ2) is 5.12. The van der Waals surface area contributed by atoms with Gasteiger partial charge in [0.2, 0.25) is 5.91 Å². The predicted octanol–water partition coefficient (Wildman–Crippen LogP) is 0.610. The lowest BCUT2D eigenvalue weighted by Crippen LogP contribution is -2.37. The van der Waals surface area contributed by atoms with Crippen LogP contribution >= 0.6 is 0 Å². The van der Waals surface area contributed by atoms with Gasteiger partial charge in [0.05, 0.1) is 36.5 Å². The van der Waals surface area contributed by atoms with Crippen molar-refractivity contribution in [2.24, 2.45) is 11.7 Å². The number of hydrogen-bond acceptors (Lipinski definition) is 4. The lowest BCUT2D eigenvalue weighted by atomic mass is 10.0. The minimum absolute atomic E-state index is 0.0399. The SMILES string of the molecule is N#Cc1ccc(NC(=O)C2COCC2N)c(F)c1. The molecule has 1 amide bonds. The van der Waals surface area contributed by atoms with Crippen LogP contribution in [0.2, 0.25) is 0 Å². The number of nitrogens with zero attached hydrogens (tertiary/aromatic N) is 1. The quantitative estimate of drug-likeness (QED) is 0.803. The standard InChI is InChI=1S/C12H12FN3O2/c13-9-3-7(4-14)1-2-11(9)16-12(17)8-5-18-6-10(8)15/h1-3,8,10H,5-6,15H2,(H,16,17). The second-order valence-corrected chi connectivity index (χ2v) is 4.10. The highest BCUT2D eigenvalue weighted by atomic mass is 19.1. The molecular formula is C12H12FN3O2. The highest BCUT2D eigenvalue weighted by Gasteiger charge is 2.31. The summed E-state index contributed by atoms with van der Waals surface area (Å²) in [5, 5.41) is 11.1. The summed E-state index contributed by atoms with van der Waals surface area (Å²) in [5.74, 6) is -1.49. The van der Waals surface area contributed by atoms with Gasteiger partial charge in [-0.2, -0.15) is 5.26 Å². The van der Waals surface area contributed by atoms with E-state index < -0.39 is 11.7 Å². The first-order valence-electron chi connectivity index (χ1n) is 5.45. The number of carbonyl (C=O) groups is 1. The molecule has 18 heavy (non-hydrogen) atoms. The van der Waals surface area contributed by atoms with Crippen molar-refractivity contribution in [1.82, 2.24) is 0 Å². The van der Waals surface area contributed by atoms with Crippen molar-refractivity contribution in [2.45, 2.75) is 6.04 Å². The van der Waals surface area contributed by atoms with E-state index in [1.807, 2.05) is 6.07 Å². The summed E-state index contributed by atoms with van der Waals surface area (Å²) in [5.41, 5.74) is 5.93. The van der Waals surface area contributed by atoms with Crippen molar-refractivity contribution in [3.05, 3.63) is 29.6 Å². The van der Waals surface area contributed by atoms with E-state index in [0.29, 0.717) is 6.61 Å². The maximum absolute atomic E-state index is 13.6. The Morgan fingerprint density at radius 3 is 2.89 bits per heavy atom. The van der Waals surface area contributed by atoms with Crippen LogP contribution in [0.1, 0.15) is 5.56 Å². The highest BCUT2D eigenvalue weighted by Crippen LogP contribution is 2.19. The second-order valence-electron chi connectivity index (χ2n) is 4.10. The van der Waals surface area contributed by atoms with Crippen molar-refractivity contribution in [2.75, 3.05) is 18.5 Å². The normalized spacial score (nSPS) is 22.5. The number of nitrogens with one attached hydrogen (secondary N) is 1. The number of rotatable bonds is 2. The third kappa shape index (κ3) is 2.47. The summed E-state index contributed by atoms with van der Waals surface area (Å²) in [6.45, 7) is 0.568. The third-order valence-corrected chi connectivity index (χ3v) is 2.82. The predicted molar refractivity (Wildman–Crippen MR) is 62.0 cm³/mol. The van der Waals surface area contributed by atoms with Crippen LogP contribution in [-0.4, -0.2) is 25.2 Å². The van der Waals surface area contributed by atoms with Crippen molar-refractivity contribution >= 4 is 11.6 Å². The minimum Gasteiger partial charge on any atom is -0.379 e. The zero-order valence-electron chi connectivity index (χ0n) is 9.52. The Labute approximate surface area is 103 Å². The smallest absolute Gasteiger partial charge is 0.231 e. The van der Waals surface area contributed by atoms with Crippen molar-refractivity contribution in [3.63, 3.8) is 0 Å². The summed E-state index contributed by atoms with van der Waals surface area (Å²) < 4.78 is 18.6. The number of anilines is 1. The first-order valence-corrected chi connectivity index (χ1v) is 5.45. The molecule has 2 atom stereocenters. The lowest BCUT2D eigenvalue weighted by molar-refractivity contribution is -0.120. The van der Waals surface area contributed by atoms with Crippen molar-refractivity contribution in [1.29, 1.82) is 5.26 Å². The maximum atomic E-state index is 13.6. The van der Waals surface area contributed by atoms with Crippen LogP contribution in [-0.2, 0) is 9.53 Å². The summed E-state index contributed by atoms with van der Waals surface area (Å²) in [6.07, 6.45) is 0. The van der Waals surface area contributed by atoms with Gasteiger partial charge in [0.15, 0.2) is 0 Å². The van der Waals surface area contributed by atoms with E-state index in [4.69, 9.17) is 15.7 Å². The molecule has 0 spiro atoms. The lowest BCUT2D eigenvalue weighted by Gasteiger charge is -2.13. The number of nitrogens with two attached hydrogens (primary N) is 1. The molecule has 1 aliphatic heterocycles. The topological polar surface area (TPSA) is 88.1 Å². The molecule has 0 bridgehead atoms. The monoisotopic (exact) mass is 249 g/mol. The van der Waals surface area contributed by atoms with Crippen LogP contribution in [0.3, 0.4) is 0 Å². The molecule has 0 saturated carbocycles. The van der Waals surface area contributed by atoms with E-state index >= 15 is 0 Å². The molecule has 2 rings (SSSR count). The molecular weight excluding hydrogens is 237 g/mol. The van der Waals surface area contributed by atoms with Crippen LogP contribution in [0, 0.1) is 23.1 Å². The van der Waals surface area contributed by atoms with E-state index in [1.165, 1.54) is 12.1 Å². The van der Waals surface area contributed by atoms with Crippen LogP contribution in [0.15, 0.2) is 18.2 Å². The minimum atomic E-state index is -0.644.